The van der Waals surface area contributed by atoms with Crippen molar-refractivity contribution in [2.45, 2.75) is 20.8 Å². The Labute approximate surface area is 112 Å². The van der Waals surface area contributed by atoms with Gasteiger partial charge in [0.2, 0.25) is 5.91 Å². The molecule has 0 bridgehead atoms. The Morgan fingerprint density at radius 3 is 2.72 bits per heavy atom. The molecule has 1 heterocycles. The number of aliphatic imine (C=N–C) groups is 1. The number of hydrogen-bond donors (Lipinski definition) is 0. The third-order valence-corrected chi connectivity index (χ3v) is 3.05. The van der Waals surface area contributed by atoms with Gasteiger partial charge in [-0.25, -0.2) is 0 Å². The molecule has 1 aromatic rings. The topological polar surface area (TPSA) is 32.7 Å². The maximum absolute atomic E-state index is 12.3. The fraction of sp³-hybridized carbons (Fsp3) is 0.429. The van der Waals surface area contributed by atoms with Crippen LogP contribution in [0, 0.1) is 5.41 Å². The number of benzene rings is 1. The van der Waals surface area contributed by atoms with Crippen molar-refractivity contribution in [1.29, 1.82) is 0 Å². The van der Waals surface area contributed by atoms with E-state index in [1.165, 1.54) is 0 Å². The standard InChI is InChI=1S/C14H17ClN2O/c1-14(2,3)13(18)17-8-7-16-12(17)10-5-4-6-11(15)9-10/h4-6,9H,7-8H2,1-3H3. The molecule has 18 heavy (non-hydrogen) atoms. The summed E-state index contributed by atoms with van der Waals surface area (Å²) in [4.78, 5) is 18.5. The van der Waals surface area contributed by atoms with Gasteiger partial charge in [0.25, 0.3) is 0 Å². The predicted molar refractivity (Wildman–Crippen MR) is 74.0 cm³/mol. The average molecular weight is 265 g/mol. The molecule has 3 nitrogen and oxygen atoms in total. The van der Waals surface area contributed by atoms with Gasteiger partial charge in [0.15, 0.2) is 0 Å². The lowest BCUT2D eigenvalue weighted by molar-refractivity contribution is -0.134. The molecule has 0 unspecified atom stereocenters. The van der Waals surface area contributed by atoms with Gasteiger partial charge in [-0.15, -0.1) is 0 Å². The van der Waals surface area contributed by atoms with E-state index in [0.717, 1.165) is 11.4 Å². The minimum atomic E-state index is -0.399. The summed E-state index contributed by atoms with van der Waals surface area (Å²) in [7, 11) is 0. The van der Waals surface area contributed by atoms with E-state index in [1.54, 1.807) is 4.90 Å². The lowest BCUT2D eigenvalue weighted by Crippen LogP contribution is -2.42. The Morgan fingerprint density at radius 1 is 1.39 bits per heavy atom. The zero-order valence-corrected chi connectivity index (χ0v) is 11.7. The highest BCUT2D eigenvalue weighted by atomic mass is 35.5. The maximum Gasteiger partial charge on any atom is 0.233 e. The summed E-state index contributed by atoms with van der Waals surface area (Å²) in [5.74, 6) is 0.830. The predicted octanol–water partition coefficient (Wildman–Crippen LogP) is 2.97. The summed E-state index contributed by atoms with van der Waals surface area (Å²) in [6.07, 6.45) is 0. The quantitative estimate of drug-likeness (QED) is 0.768. The lowest BCUT2D eigenvalue weighted by atomic mass is 9.94. The van der Waals surface area contributed by atoms with Crippen LogP contribution in [0.3, 0.4) is 0 Å². The molecule has 1 aliphatic rings. The van der Waals surface area contributed by atoms with E-state index in [0.29, 0.717) is 18.1 Å². The van der Waals surface area contributed by atoms with Crippen molar-refractivity contribution in [3.05, 3.63) is 34.9 Å². The van der Waals surface area contributed by atoms with Gasteiger partial charge in [0, 0.05) is 22.5 Å². The van der Waals surface area contributed by atoms with Crippen molar-refractivity contribution >= 4 is 23.3 Å². The average Bonchev–Trinajstić information content (AvgIpc) is 2.75. The first kappa shape index (κ1) is 13.1. The highest BCUT2D eigenvalue weighted by Gasteiger charge is 2.32. The van der Waals surface area contributed by atoms with Gasteiger partial charge in [-0.2, -0.15) is 0 Å². The van der Waals surface area contributed by atoms with Crippen LogP contribution in [0.15, 0.2) is 29.3 Å². The number of amides is 1. The lowest BCUT2D eigenvalue weighted by Gasteiger charge is -2.26. The van der Waals surface area contributed by atoms with E-state index in [4.69, 9.17) is 11.6 Å². The second-order valence-corrected chi connectivity index (χ2v) is 5.86. The molecule has 0 aliphatic carbocycles. The summed E-state index contributed by atoms with van der Waals surface area (Å²) in [5, 5.41) is 0.658. The number of rotatable bonds is 1. The molecule has 0 radical (unpaired) electrons. The van der Waals surface area contributed by atoms with Gasteiger partial charge in [0.05, 0.1) is 6.54 Å². The van der Waals surface area contributed by atoms with Crippen LogP contribution in [0.4, 0.5) is 0 Å². The van der Waals surface area contributed by atoms with Crippen LogP contribution in [0.2, 0.25) is 5.02 Å². The first-order valence-corrected chi connectivity index (χ1v) is 6.40. The van der Waals surface area contributed by atoms with Crippen molar-refractivity contribution in [3.8, 4) is 0 Å². The summed E-state index contributed by atoms with van der Waals surface area (Å²) >= 11 is 5.98. The molecular weight excluding hydrogens is 248 g/mol. The molecule has 0 N–H and O–H groups in total. The summed E-state index contributed by atoms with van der Waals surface area (Å²) in [6.45, 7) is 7.07. The third kappa shape index (κ3) is 2.56. The van der Waals surface area contributed by atoms with Crippen molar-refractivity contribution in [1.82, 2.24) is 4.90 Å². The normalized spacial score (nSPS) is 15.8. The van der Waals surface area contributed by atoms with E-state index >= 15 is 0 Å². The Hall–Kier alpha value is -1.35. The van der Waals surface area contributed by atoms with E-state index in [2.05, 4.69) is 4.99 Å². The van der Waals surface area contributed by atoms with Gasteiger partial charge in [0.1, 0.15) is 5.84 Å². The molecule has 0 aromatic heterocycles. The molecule has 1 aliphatic heterocycles. The smallest absolute Gasteiger partial charge is 0.233 e. The van der Waals surface area contributed by atoms with Crippen LogP contribution in [-0.4, -0.2) is 29.7 Å². The highest BCUT2D eigenvalue weighted by Crippen LogP contribution is 2.22. The molecule has 1 amide bonds. The largest absolute Gasteiger partial charge is 0.294 e. The Balaban J connectivity index is 2.31. The molecule has 0 saturated heterocycles. The number of carbonyl (C=O) groups excluding carboxylic acids is 1. The number of amidine groups is 1. The second-order valence-electron chi connectivity index (χ2n) is 5.42. The molecule has 4 heteroatoms. The van der Waals surface area contributed by atoms with Crippen LogP contribution in [0.1, 0.15) is 26.3 Å². The van der Waals surface area contributed by atoms with E-state index < -0.39 is 5.41 Å². The number of carbonyl (C=O) groups is 1. The molecule has 96 valence electrons. The fourth-order valence-electron chi connectivity index (χ4n) is 1.92. The van der Waals surface area contributed by atoms with Crippen LogP contribution in [-0.2, 0) is 4.79 Å². The van der Waals surface area contributed by atoms with Crippen LogP contribution >= 0.6 is 11.6 Å². The molecule has 2 rings (SSSR count). The minimum Gasteiger partial charge on any atom is -0.294 e. The first-order valence-electron chi connectivity index (χ1n) is 6.02. The van der Waals surface area contributed by atoms with Gasteiger partial charge >= 0.3 is 0 Å². The molecular formula is C14H17ClN2O. The molecule has 0 spiro atoms. The van der Waals surface area contributed by atoms with E-state index in [1.807, 2.05) is 45.0 Å². The molecule has 1 aromatic carbocycles. The zero-order chi connectivity index (χ0) is 13.3. The van der Waals surface area contributed by atoms with E-state index in [9.17, 15) is 4.79 Å². The zero-order valence-electron chi connectivity index (χ0n) is 10.9. The third-order valence-electron chi connectivity index (χ3n) is 2.81. The second kappa shape index (κ2) is 4.73. The number of nitrogens with zero attached hydrogens (tertiary/aromatic N) is 2. The molecule has 0 saturated carbocycles. The number of halogens is 1. The highest BCUT2D eigenvalue weighted by molar-refractivity contribution is 6.31. The van der Waals surface area contributed by atoms with Crippen molar-refractivity contribution in [2.75, 3.05) is 13.1 Å². The van der Waals surface area contributed by atoms with E-state index in [-0.39, 0.29) is 5.91 Å². The van der Waals surface area contributed by atoms with Crippen molar-refractivity contribution in [2.24, 2.45) is 10.4 Å². The summed E-state index contributed by atoms with van der Waals surface area (Å²) in [6, 6.07) is 7.46. The Kier molecular flexibility index (Phi) is 3.44. The van der Waals surface area contributed by atoms with Gasteiger partial charge in [-0.1, -0.05) is 44.5 Å². The van der Waals surface area contributed by atoms with Crippen LogP contribution in [0.5, 0.6) is 0 Å². The Bertz CT molecular complexity index is 503. The van der Waals surface area contributed by atoms with Crippen molar-refractivity contribution < 1.29 is 4.79 Å². The fourth-order valence-corrected chi connectivity index (χ4v) is 2.11. The molecule has 0 fully saturated rings. The number of hydrogen-bond acceptors (Lipinski definition) is 2. The molecule has 0 atom stereocenters. The van der Waals surface area contributed by atoms with Crippen molar-refractivity contribution in [3.63, 3.8) is 0 Å². The minimum absolute atomic E-state index is 0.0960. The first-order chi connectivity index (χ1) is 8.39. The van der Waals surface area contributed by atoms with Gasteiger partial charge < -0.3 is 0 Å². The summed E-state index contributed by atoms with van der Waals surface area (Å²) in [5.41, 5.74) is 0.501. The SMILES string of the molecule is CC(C)(C)C(=O)N1CCN=C1c1cccc(Cl)c1. The van der Waals surface area contributed by atoms with Crippen LogP contribution < -0.4 is 0 Å². The van der Waals surface area contributed by atoms with Crippen LogP contribution in [0.25, 0.3) is 0 Å². The Morgan fingerprint density at radius 2 is 2.11 bits per heavy atom. The van der Waals surface area contributed by atoms with Gasteiger partial charge in [-0.05, 0) is 12.1 Å². The monoisotopic (exact) mass is 264 g/mol. The maximum atomic E-state index is 12.3. The summed E-state index contributed by atoms with van der Waals surface area (Å²) < 4.78 is 0. The van der Waals surface area contributed by atoms with Gasteiger partial charge in [-0.3, -0.25) is 14.7 Å².